The summed E-state index contributed by atoms with van der Waals surface area (Å²) in [5, 5.41) is 5.92. The number of pyridine rings is 1. The van der Waals surface area contributed by atoms with Gasteiger partial charge in [0.15, 0.2) is 12.1 Å². The van der Waals surface area contributed by atoms with E-state index in [4.69, 9.17) is 32.7 Å². The monoisotopic (exact) mass is 692 g/mol. The number of fused-ring (bicyclic) bond motifs is 1. The Labute approximate surface area is 287 Å². The molecular weight excluding hydrogens is 659 g/mol. The first-order chi connectivity index (χ1) is 22.8. The number of carbonyl (C=O) groups is 4. The number of nitrogens with zero attached hydrogens (tertiary/aromatic N) is 4. The number of carbonyl (C=O) groups excluding carboxylic acids is 4. The van der Waals surface area contributed by atoms with Gasteiger partial charge in [-0.2, -0.15) is 0 Å². The van der Waals surface area contributed by atoms with Gasteiger partial charge in [0.05, 0.1) is 46.3 Å². The average molecular weight is 694 g/mol. The maximum absolute atomic E-state index is 13.5. The molecule has 0 unspecified atom stereocenters. The number of imidazole rings is 1. The van der Waals surface area contributed by atoms with Crippen molar-refractivity contribution in [2.45, 2.75) is 39.3 Å². The minimum Gasteiger partial charge on any atom is -0.496 e. The van der Waals surface area contributed by atoms with Crippen LogP contribution in [0.5, 0.6) is 5.75 Å². The Morgan fingerprint density at radius 3 is 2.52 bits per heavy atom. The predicted octanol–water partition coefficient (Wildman–Crippen LogP) is 5.94. The molecule has 0 saturated heterocycles. The van der Waals surface area contributed by atoms with Crippen molar-refractivity contribution in [2.75, 3.05) is 25.5 Å². The smallest absolute Gasteiger partial charge is 0.408 e. The molecule has 2 N–H and O–H groups in total. The number of rotatable bonds is 8. The van der Waals surface area contributed by atoms with Crippen LogP contribution < -0.4 is 15.4 Å². The number of ether oxygens (including phenoxy) is 2. The summed E-state index contributed by atoms with van der Waals surface area (Å²) in [7, 11) is 3.22. The van der Waals surface area contributed by atoms with Gasteiger partial charge in [-0.1, -0.05) is 41.4 Å². The maximum atomic E-state index is 13.5. The average Bonchev–Trinajstić information content (AvgIpc) is 3.39. The second kappa shape index (κ2) is 14.0. The Morgan fingerprint density at radius 2 is 1.81 bits per heavy atom. The largest absolute Gasteiger partial charge is 0.496 e. The molecule has 0 aliphatic carbocycles. The van der Waals surface area contributed by atoms with Gasteiger partial charge in [-0.25, -0.2) is 9.78 Å². The molecule has 1 aliphatic heterocycles. The summed E-state index contributed by atoms with van der Waals surface area (Å²) in [5.74, 6) is -0.236. The zero-order valence-electron chi connectivity index (χ0n) is 27.0. The normalized spacial score (nSPS) is 12.6. The number of halogens is 2. The molecule has 2 aromatic heterocycles. The van der Waals surface area contributed by atoms with Crippen molar-refractivity contribution in [3.63, 3.8) is 0 Å². The molecule has 0 fully saturated rings. The van der Waals surface area contributed by atoms with Crippen LogP contribution in [0.2, 0.25) is 10.0 Å². The van der Waals surface area contributed by atoms with Crippen LogP contribution in [-0.4, -0.2) is 69.4 Å². The molecule has 250 valence electrons. The van der Waals surface area contributed by atoms with Crippen molar-refractivity contribution in [1.29, 1.82) is 0 Å². The number of hydrogen-bond donors (Lipinski definition) is 2. The summed E-state index contributed by atoms with van der Waals surface area (Å²) in [5.41, 5.74) is 3.73. The molecule has 0 radical (unpaired) electrons. The lowest BCUT2D eigenvalue weighted by atomic mass is 10.0. The fourth-order valence-corrected chi connectivity index (χ4v) is 5.94. The van der Waals surface area contributed by atoms with E-state index in [1.54, 1.807) is 85.9 Å². The van der Waals surface area contributed by atoms with Gasteiger partial charge in [0.25, 0.3) is 5.91 Å². The molecule has 0 bridgehead atoms. The number of methoxy groups -OCH3 is 1. The first-order valence-electron chi connectivity index (χ1n) is 15.0. The number of hydrogen-bond acceptors (Lipinski definition) is 8. The Morgan fingerprint density at radius 1 is 1.06 bits per heavy atom. The number of anilines is 1. The van der Waals surface area contributed by atoms with E-state index in [1.165, 1.54) is 7.11 Å². The fraction of sp³-hybridized carbons (Fsp3) is 0.294. The van der Waals surface area contributed by atoms with Gasteiger partial charge < -0.3 is 29.6 Å². The molecule has 48 heavy (non-hydrogen) atoms. The van der Waals surface area contributed by atoms with Crippen molar-refractivity contribution < 1.29 is 28.7 Å². The second-order valence-electron chi connectivity index (χ2n) is 12.0. The van der Waals surface area contributed by atoms with E-state index in [0.29, 0.717) is 69.4 Å². The van der Waals surface area contributed by atoms with Crippen LogP contribution in [0.3, 0.4) is 0 Å². The third-order valence-electron chi connectivity index (χ3n) is 7.65. The fourth-order valence-electron chi connectivity index (χ4n) is 5.34. The molecule has 0 atom stereocenters. The topological polar surface area (TPSA) is 145 Å². The molecule has 5 rings (SSSR count). The number of nitrogens with one attached hydrogen (secondary N) is 2. The quantitative estimate of drug-likeness (QED) is 0.216. The molecule has 2 aromatic carbocycles. The lowest BCUT2D eigenvalue weighted by Crippen LogP contribution is -2.43. The van der Waals surface area contributed by atoms with E-state index in [9.17, 15) is 19.2 Å². The van der Waals surface area contributed by atoms with Gasteiger partial charge in [0.2, 0.25) is 5.91 Å². The van der Waals surface area contributed by atoms with Crippen LogP contribution in [0.1, 0.15) is 53.1 Å². The number of amides is 3. The number of aldehydes is 1. The van der Waals surface area contributed by atoms with E-state index in [2.05, 4.69) is 20.6 Å². The number of alkyl carbamates (subject to hydrolysis) is 1. The van der Waals surface area contributed by atoms with E-state index >= 15 is 0 Å². The summed E-state index contributed by atoms with van der Waals surface area (Å²) < 4.78 is 12.2. The Bertz CT molecular complexity index is 1920. The van der Waals surface area contributed by atoms with Crippen LogP contribution in [0, 0.1) is 0 Å². The molecule has 3 amide bonds. The van der Waals surface area contributed by atoms with Gasteiger partial charge in [-0.05, 0) is 45.0 Å². The molecule has 1 aliphatic rings. The summed E-state index contributed by atoms with van der Waals surface area (Å²) in [6, 6.07) is 12.0. The van der Waals surface area contributed by atoms with Gasteiger partial charge in [-0.15, -0.1) is 0 Å². The number of benzene rings is 2. The molecule has 14 heteroatoms. The van der Waals surface area contributed by atoms with Gasteiger partial charge in [0, 0.05) is 48.6 Å². The summed E-state index contributed by atoms with van der Waals surface area (Å²) in [6.45, 7) is 5.59. The highest BCUT2D eigenvalue weighted by molar-refractivity contribution is 6.39. The van der Waals surface area contributed by atoms with Crippen LogP contribution in [-0.2, 0) is 29.5 Å². The van der Waals surface area contributed by atoms with E-state index in [-0.39, 0.29) is 29.8 Å². The lowest BCUT2D eigenvalue weighted by Gasteiger charge is -2.27. The van der Waals surface area contributed by atoms with Crippen molar-refractivity contribution in [3.8, 4) is 28.1 Å². The highest BCUT2D eigenvalue weighted by Crippen LogP contribution is 2.41. The molecule has 12 nitrogen and oxygen atoms in total. The Balaban J connectivity index is 1.33. The van der Waals surface area contributed by atoms with Crippen LogP contribution in [0.15, 0.2) is 48.7 Å². The molecule has 3 heterocycles. The van der Waals surface area contributed by atoms with Crippen LogP contribution in [0.4, 0.5) is 10.5 Å². The molecule has 4 aromatic rings. The second-order valence-corrected chi connectivity index (χ2v) is 12.8. The van der Waals surface area contributed by atoms with E-state index < -0.39 is 17.6 Å². The lowest BCUT2D eigenvalue weighted by molar-refractivity contribution is -0.131. The molecule has 0 spiro atoms. The Hall–Kier alpha value is -4.94. The zero-order chi connectivity index (χ0) is 34.7. The van der Waals surface area contributed by atoms with E-state index in [1.807, 2.05) is 0 Å². The third-order valence-corrected chi connectivity index (χ3v) is 8.44. The van der Waals surface area contributed by atoms with Crippen LogP contribution in [0.25, 0.3) is 22.4 Å². The standard InChI is InChI=1S/C34H34Cl2N6O6/c1-34(2,3)48-33(46)38-16-27(44)42-14-12-25-24(17-42)39-31(41(25)4)32(45)40-23-8-6-7-21(28(23)35)22-11-13-37-30(29(22)36)19-9-10-20(18-43)26(15-19)47-5/h6-11,13,15,18H,12,14,16-17H2,1-5H3,(H,38,46)(H,40,45). The number of aromatic nitrogens is 3. The van der Waals surface area contributed by atoms with Crippen molar-refractivity contribution in [2.24, 2.45) is 7.05 Å². The predicted molar refractivity (Wildman–Crippen MR) is 182 cm³/mol. The molecular formula is C34H34Cl2N6O6. The van der Waals surface area contributed by atoms with Gasteiger partial charge in [0.1, 0.15) is 17.9 Å². The van der Waals surface area contributed by atoms with Gasteiger partial charge >= 0.3 is 6.09 Å². The SMILES string of the molecule is COc1cc(-c2nccc(-c3cccc(NC(=O)c4nc5c(n4C)CCN(C(=O)CNC(=O)OC(C)(C)C)C5)c3Cl)c2Cl)ccc1C=O. The third kappa shape index (κ3) is 7.29. The first kappa shape index (κ1) is 34.4. The zero-order valence-corrected chi connectivity index (χ0v) is 28.5. The maximum Gasteiger partial charge on any atom is 0.408 e. The minimum absolute atomic E-state index is 0.152. The summed E-state index contributed by atoms with van der Waals surface area (Å²) >= 11 is 13.7. The first-order valence-corrected chi connectivity index (χ1v) is 15.7. The van der Waals surface area contributed by atoms with Crippen molar-refractivity contribution >= 4 is 53.1 Å². The summed E-state index contributed by atoms with van der Waals surface area (Å²) in [4.78, 5) is 60.2. The summed E-state index contributed by atoms with van der Waals surface area (Å²) in [6.07, 6.45) is 2.11. The highest BCUT2D eigenvalue weighted by Gasteiger charge is 2.29. The van der Waals surface area contributed by atoms with E-state index in [0.717, 1.165) is 5.69 Å². The Kier molecular flexibility index (Phi) is 10.1. The van der Waals surface area contributed by atoms with Crippen molar-refractivity contribution in [1.82, 2.24) is 24.8 Å². The van der Waals surface area contributed by atoms with Gasteiger partial charge in [-0.3, -0.25) is 19.4 Å². The highest BCUT2D eigenvalue weighted by atomic mass is 35.5. The molecule has 0 saturated carbocycles. The van der Waals surface area contributed by atoms with Crippen LogP contribution >= 0.6 is 23.2 Å². The minimum atomic E-state index is -0.680. The van der Waals surface area contributed by atoms with Crippen molar-refractivity contribution in [3.05, 3.63) is 81.5 Å².